The van der Waals surface area contributed by atoms with Gasteiger partial charge >= 0.3 is 0 Å². The molecule has 0 aliphatic rings. The summed E-state index contributed by atoms with van der Waals surface area (Å²) < 4.78 is 0. The Morgan fingerprint density at radius 2 is 1.67 bits per heavy atom. The fraction of sp³-hybridized carbons (Fsp3) is 0.211. The van der Waals surface area contributed by atoms with Crippen molar-refractivity contribution in [3.63, 3.8) is 0 Å². The van der Waals surface area contributed by atoms with Crippen LogP contribution in [0, 0.1) is 0 Å². The van der Waals surface area contributed by atoms with Crippen LogP contribution in [0.3, 0.4) is 0 Å². The molecule has 0 bridgehead atoms. The van der Waals surface area contributed by atoms with E-state index >= 15 is 0 Å². The van der Waals surface area contributed by atoms with Crippen LogP contribution in [0.4, 0.5) is 5.69 Å². The minimum Gasteiger partial charge on any atom is -0.372 e. The summed E-state index contributed by atoms with van der Waals surface area (Å²) in [7, 11) is 0. The molecular formula is C19H20N2. The first-order chi connectivity index (χ1) is 10.3. The Labute approximate surface area is 126 Å². The van der Waals surface area contributed by atoms with Crippen LogP contribution < -0.4 is 4.90 Å². The van der Waals surface area contributed by atoms with Crippen molar-refractivity contribution in [3.8, 4) is 11.3 Å². The molecule has 0 saturated carbocycles. The van der Waals surface area contributed by atoms with Gasteiger partial charge in [0.2, 0.25) is 0 Å². The fourth-order valence-corrected chi connectivity index (χ4v) is 2.68. The number of nitrogens with zero attached hydrogens (tertiary/aromatic N) is 2. The number of hydrogen-bond acceptors (Lipinski definition) is 2. The van der Waals surface area contributed by atoms with Gasteiger partial charge in [-0.25, -0.2) is 4.98 Å². The van der Waals surface area contributed by atoms with Crippen LogP contribution >= 0.6 is 0 Å². The van der Waals surface area contributed by atoms with E-state index in [1.807, 2.05) is 12.1 Å². The number of fused-ring (bicyclic) bond motifs is 1. The average Bonchev–Trinajstić information content (AvgIpc) is 2.56. The molecule has 0 saturated heterocycles. The van der Waals surface area contributed by atoms with E-state index in [0.29, 0.717) is 0 Å². The highest BCUT2D eigenvalue weighted by Gasteiger charge is 2.05. The Bertz CT molecular complexity index is 745. The fourth-order valence-electron chi connectivity index (χ4n) is 2.68. The Balaban J connectivity index is 2.03. The highest BCUT2D eigenvalue weighted by Crippen LogP contribution is 2.25. The summed E-state index contributed by atoms with van der Waals surface area (Å²) in [4.78, 5) is 7.13. The molecule has 2 aromatic carbocycles. The second-order valence-corrected chi connectivity index (χ2v) is 5.11. The standard InChI is InChI=1S/C19H20N2/c1-3-21(4-2)17-10-7-9-16(14-17)19-13-12-15-8-5-6-11-18(15)20-19/h5-14H,3-4H2,1-2H3. The Morgan fingerprint density at radius 3 is 2.48 bits per heavy atom. The predicted molar refractivity (Wildman–Crippen MR) is 90.7 cm³/mol. The largest absolute Gasteiger partial charge is 0.372 e. The van der Waals surface area contributed by atoms with Gasteiger partial charge < -0.3 is 4.90 Å². The number of anilines is 1. The molecule has 1 heterocycles. The zero-order chi connectivity index (χ0) is 14.7. The molecule has 0 aliphatic heterocycles. The monoisotopic (exact) mass is 276 g/mol. The summed E-state index contributed by atoms with van der Waals surface area (Å²) >= 11 is 0. The van der Waals surface area contributed by atoms with Crippen molar-refractivity contribution in [1.82, 2.24) is 4.98 Å². The van der Waals surface area contributed by atoms with Gasteiger partial charge in [-0.05, 0) is 38.1 Å². The topological polar surface area (TPSA) is 16.1 Å². The zero-order valence-electron chi connectivity index (χ0n) is 12.6. The lowest BCUT2D eigenvalue weighted by molar-refractivity contribution is 0.866. The average molecular weight is 276 g/mol. The van der Waals surface area contributed by atoms with Crippen LogP contribution in [-0.2, 0) is 0 Å². The van der Waals surface area contributed by atoms with Crippen LogP contribution in [0.5, 0.6) is 0 Å². The number of pyridine rings is 1. The summed E-state index contributed by atoms with van der Waals surface area (Å²) in [5, 5.41) is 1.18. The molecule has 0 radical (unpaired) electrons. The lowest BCUT2D eigenvalue weighted by Gasteiger charge is -2.21. The molecule has 0 spiro atoms. The van der Waals surface area contributed by atoms with Gasteiger partial charge in [-0.15, -0.1) is 0 Å². The van der Waals surface area contributed by atoms with Crippen molar-refractivity contribution in [2.45, 2.75) is 13.8 Å². The lowest BCUT2D eigenvalue weighted by atomic mass is 10.1. The molecule has 0 atom stereocenters. The summed E-state index contributed by atoms with van der Waals surface area (Å²) in [6.07, 6.45) is 0. The van der Waals surface area contributed by atoms with E-state index in [1.54, 1.807) is 0 Å². The second-order valence-electron chi connectivity index (χ2n) is 5.11. The Kier molecular flexibility index (Phi) is 3.87. The summed E-state index contributed by atoms with van der Waals surface area (Å²) in [6.45, 7) is 6.41. The predicted octanol–water partition coefficient (Wildman–Crippen LogP) is 4.75. The molecule has 3 rings (SSSR count). The minimum absolute atomic E-state index is 1.02. The molecule has 106 valence electrons. The SMILES string of the molecule is CCN(CC)c1cccc(-c2ccc3ccccc3n2)c1. The number of benzene rings is 2. The highest BCUT2D eigenvalue weighted by atomic mass is 15.1. The molecule has 1 aromatic heterocycles. The molecule has 2 nitrogen and oxygen atoms in total. The zero-order valence-corrected chi connectivity index (χ0v) is 12.6. The molecule has 0 amide bonds. The van der Waals surface area contributed by atoms with E-state index < -0.39 is 0 Å². The number of rotatable bonds is 4. The highest BCUT2D eigenvalue weighted by molar-refractivity contribution is 5.81. The normalized spacial score (nSPS) is 10.8. The van der Waals surface area contributed by atoms with E-state index in [0.717, 1.165) is 24.3 Å². The molecule has 2 heteroatoms. The van der Waals surface area contributed by atoms with E-state index in [2.05, 4.69) is 67.3 Å². The molecule has 0 aliphatic carbocycles. The first-order valence-electron chi connectivity index (χ1n) is 7.53. The van der Waals surface area contributed by atoms with E-state index in [1.165, 1.54) is 16.6 Å². The Morgan fingerprint density at radius 1 is 0.857 bits per heavy atom. The third-order valence-electron chi connectivity index (χ3n) is 3.87. The smallest absolute Gasteiger partial charge is 0.0710 e. The van der Waals surface area contributed by atoms with Crippen molar-refractivity contribution in [2.75, 3.05) is 18.0 Å². The first-order valence-corrected chi connectivity index (χ1v) is 7.53. The van der Waals surface area contributed by atoms with E-state index in [4.69, 9.17) is 4.98 Å². The molecule has 3 aromatic rings. The van der Waals surface area contributed by atoms with Gasteiger partial charge in [0.25, 0.3) is 0 Å². The van der Waals surface area contributed by atoms with Crippen LogP contribution in [0.15, 0.2) is 60.7 Å². The van der Waals surface area contributed by atoms with E-state index in [-0.39, 0.29) is 0 Å². The van der Waals surface area contributed by atoms with E-state index in [9.17, 15) is 0 Å². The minimum atomic E-state index is 1.02. The third-order valence-corrected chi connectivity index (χ3v) is 3.87. The van der Waals surface area contributed by atoms with Crippen LogP contribution in [0.25, 0.3) is 22.2 Å². The maximum Gasteiger partial charge on any atom is 0.0710 e. The van der Waals surface area contributed by atoms with Gasteiger partial charge in [0.05, 0.1) is 11.2 Å². The van der Waals surface area contributed by atoms with Crippen molar-refractivity contribution in [3.05, 3.63) is 60.7 Å². The molecular weight excluding hydrogens is 256 g/mol. The molecule has 0 unspecified atom stereocenters. The molecule has 21 heavy (non-hydrogen) atoms. The van der Waals surface area contributed by atoms with Crippen molar-refractivity contribution in [2.24, 2.45) is 0 Å². The number of para-hydroxylation sites is 1. The van der Waals surface area contributed by atoms with Crippen molar-refractivity contribution < 1.29 is 0 Å². The molecule has 0 N–H and O–H groups in total. The van der Waals surface area contributed by atoms with Gasteiger partial charge in [-0.1, -0.05) is 36.4 Å². The van der Waals surface area contributed by atoms with Crippen LogP contribution in [-0.4, -0.2) is 18.1 Å². The third kappa shape index (κ3) is 2.75. The maximum absolute atomic E-state index is 4.78. The summed E-state index contributed by atoms with van der Waals surface area (Å²) in [5.74, 6) is 0. The summed E-state index contributed by atoms with van der Waals surface area (Å²) in [5.41, 5.74) is 4.50. The Hall–Kier alpha value is -2.35. The lowest BCUT2D eigenvalue weighted by Crippen LogP contribution is -2.21. The molecule has 0 fully saturated rings. The van der Waals surface area contributed by atoms with Crippen LogP contribution in [0.2, 0.25) is 0 Å². The van der Waals surface area contributed by atoms with Gasteiger partial charge in [0, 0.05) is 29.7 Å². The van der Waals surface area contributed by atoms with Gasteiger partial charge in [0.15, 0.2) is 0 Å². The van der Waals surface area contributed by atoms with Crippen molar-refractivity contribution in [1.29, 1.82) is 0 Å². The van der Waals surface area contributed by atoms with Crippen molar-refractivity contribution >= 4 is 16.6 Å². The van der Waals surface area contributed by atoms with Gasteiger partial charge in [-0.3, -0.25) is 0 Å². The quantitative estimate of drug-likeness (QED) is 0.683. The number of hydrogen-bond donors (Lipinski definition) is 0. The van der Waals surface area contributed by atoms with Crippen LogP contribution in [0.1, 0.15) is 13.8 Å². The number of aromatic nitrogens is 1. The maximum atomic E-state index is 4.78. The van der Waals surface area contributed by atoms with Gasteiger partial charge in [-0.2, -0.15) is 0 Å². The van der Waals surface area contributed by atoms with Gasteiger partial charge in [0.1, 0.15) is 0 Å². The first kappa shape index (κ1) is 13.6. The second kappa shape index (κ2) is 5.96. The summed E-state index contributed by atoms with van der Waals surface area (Å²) in [6, 6.07) is 21.1.